The number of rotatable bonds is 9. The van der Waals surface area contributed by atoms with E-state index >= 15 is 0 Å². The van der Waals surface area contributed by atoms with Gasteiger partial charge >= 0.3 is 0 Å². The third-order valence-corrected chi connectivity index (χ3v) is 7.04. The van der Waals surface area contributed by atoms with Crippen molar-refractivity contribution in [2.45, 2.75) is 50.6 Å². The number of hydrogen-bond donors (Lipinski definition) is 2. The molecule has 1 heterocycles. The van der Waals surface area contributed by atoms with Gasteiger partial charge in [0.25, 0.3) is 0 Å². The van der Waals surface area contributed by atoms with Crippen molar-refractivity contribution in [3.8, 4) is 5.75 Å². The summed E-state index contributed by atoms with van der Waals surface area (Å²) in [4.78, 5) is 15.4. The van der Waals surface area contributed by atoms with Gasteiger partial charge in [0.1, 0.15) is 5.75 Å². The molecule has 2 aromatic rings. The van der Waals surface area contributed by atoms with E-state index in [0.29, 0.717) is 12.6 Å². The van der Waals surface area contributed by atoms with Crippen LogP contribution in [0.5, 0.6) is 5.75 Å². The first kappa shape index (κ1) is 22.8. The summed E-state index contributed by atoms with van der Waals surface area (Å²) in [6, 6.07) is 17.6. The van der Waals surface area contributed by atoms with Crippen molar-refractivity contribution in [1.29, 1.82) is 0 Å². The van der Waals surface area contributed by atoms with Crippen LogP contribution in [0.1, 0.15) is 48.3 Å². The Morgan fingerprint density at radius 2 is 1.84 bits per heavy atom. The van der Waals surface area contributed by atoms with Gasteiger partial charge in [0.15, 0.2) is 0 Å². The normalized spacial score (nSPS) is 21.7. The molecule has 2 aliphatic rings. The van der Waals surface area contributed by atoms with E-state index in [4.69, 9.17) is 4.74 Å². The molecule has 0 bridgehead atoms. The van der Waals surface area contributed by atoms with Crippen LogP contribution in [0.3, 0.4) is 0 Å². The number of carbonyl (C=O) groups excluding carboxylic acids is 1. The Hall–Kier alpha value is -2.37. The van der Waals surface area contributed by atoms with Crippen molar-refractivity contribution in [3.63, 3.8) is 0 Å². The zero-order valence-corrected chi connectivity index (χ0v) is 19.5. The smallest absolute Gasteiger partial charge is 0.225 e. The maximum Gasteiger partial charge on any atom is 0.225 e. The number of benzene rings is 2. The number of ether oxygens (including phenoxy) is 1. The van der Waals surface area contributed by atoms with E-state index in [1.165, 1.54) is 42.4 Å². The van der Waals surface area contributed by atoms with Crippen molar-refractivity contribution in [1.82, 2.24) is 15.5 Å². The lowest BCUT2D eigenvalue weighted by Crippen LogP contribution is -2.35. The third-order valence-electron chi connectivity index (χ3n) is 7.04. The standard InChI is InChI=1S/C27H37N3O2/c1-30-18-25(22-7-5-6-21(16-22)17-29-23-8-3-4-9-23)26(19-30)27(31)28-15-14-20-10-12-24(32-2)13-11-20/h5-7,10-13,16,23,25-26,29H,3-4,8-9,14-15,17-19H2,1-2H3,(H,28,31)/t25-,26+/m1/s1. The fourth-order valence-corrected chi connectivity index (χ4v) is 5.18. The van der Waals surface area contributed by atoms with Crippen LogP contribution >= 0.6 is 0 Å². The molecular formula is C27H37N3O2. The predicted octanol–water partition coefficient (Wildman–Crippen LogP) is 3.73. The Labute approximate surface area is 192 Å². The zero-order chi connectivity index (χ0) is 22.3. The van der Waals surface area contributed by atoms with E-state index in [2.05, 4.69) is 59.0 Å². The highest BCUT2D eigenvalue weighted by atomic mass is 16.5. The van der Waals surface area contributed by atoms with E-state index in [9.17, 15) is 4.79 Å². The summed E-state index contributed by atoms with van der Waals surface area (Å²) in [5.74, 6) is 1.26. The number of likely N-dealkylation sites (N-methyl/N-ethyl adjacent to an activating group) is 1. The van der Waals surface area contributed by atoms with Gasteiger partial charge in [-0.2, -0.15) is 0 Å². The first-order valence-corrected chi connectivity index (χ1v) is 12.0. The second kappa shape index (κ2) is 11.0. The maximum absolute atomic E-state index is 13.1. The molecule has 2 fully saturated rings. The van der Waals surface area contributed by atoms with Crippen molar-refractivity contribution in [2.75, 3.05) is 33.8 Å². The second-order valence-electron chi connectivity index (χ2n) is 9.43. The molecule has 0 aromatic heterocycles. The topological polar surface area (TPSA) is 53.6 Å². The summed E-state index contributed by atoms with van der Waals surface area (Å²) in [6.07, 6.45) is 6.12. The van der Waals surface area contributed by atoms with E-state index in [0.717, 1.165) is 31.8 Å². The molecular weight excluding hydrogens is 398 g/mol. The minimum Gasteiger partial charge on any atom is -0.497 e. The molecule has 172 valence electrons. The highest BCUT2D eigenvalue weighted by molar-refractivity contribution is 5.80. The zero-order valence-electron chi connectivity index (χ0n) is 19.5. The minimum absolute atomic E-state index is 0.00564. The molecule has 5 heteroatoms. The Morgan fingerprint density at radius 3 is 2.59 bits per heavy atom. The Bertz CT molecular complexity index is 877. The molecule has 32 heavy (non-hydrogen) atoms. The highest BCUT2D eigenvalue weighted by Crippen LogP contribution is 2.32. The van der Waals surface area contributed by atoms with E-state index in [1.807, 2.05) is 12.1 Å². The molecule has 2 N–H and O–H groups in total. The van der Waals surface area contributed by atoms with Crippen LogP contribution in [0.2, 0.25) is 0 Å². The summed E-state index contributed by atoms with van der Waals surface area (Å²) >= 11 is 0. The van der Waals surface area contributed by atoms with Crippen molar-refractivity contribution >= 4 is 5.91 Å². The van der Waals surface area contributed by atoms with Gasteiger partial charge in [0.2, 0.25) is 5.91 Å². The predicted molar refractivity (Wildman–Crippen MR) is 129 cm³/mol. The molecule has 1 aliphatic heterocycles. The van der Waals surface area contributed by atoms with Gasteiger partial charge < -0.3 is 20.3 Å². The van der Waals surface area contributed by atoms with Gasteiger partial charge in [0.05, 0.1) is 13.0 Å². The Balaban J connectivity index is 1.33. The van der Waals surface area contributed by atoms with Crippen LogP contribution in [0.25, 0.3) is 0 Å². The molecule has 1 saturated heterocycles. The summed E-state index contributed by atoms with van der Waals surface area (Å²) < 4.78 is 5.21. The van der Waals surface area contributed by atoms with Crippen LogP contribution in [-0.2, 0) is 17.8 Å². The monoisotopic (exact) mass is 435 g/mol. The number of methoxy groups -OCH3 is 1. The lowest BCUT2D eigenvalue weighted by Gasteiger charge is -2.20. The van der Waals surface area contributed by atoms with Gasteiger partial charge in [-0.3, -0.25) is 4.79 Å². The van der Waals surface area contributed by atoms with Gasteiger partial charge in [-0.1, -0.05) is 49.2 Å². The Kier molecular flexibility index (Phi) is 7.82. The fraction of sp³-hybridized carbons (Fsp3) is 0.519. The van der Waals surface area contributed by atoms with Crippen LogP contribution in [0.4, 0.5) is 0 Å². The van der Waals surface area contributed by atoms with Gasteiger partial charge in [-0.15, -0.1) is 0 Å². The first-order chi connectivity index (χ1) is 15.6. The lowest BCUT2D eigenvalue weighted by atomic mass is 9.87. The highest BCUT2D eigenvalue weighted by Gasteiger charge is 2.36. The molecule has 2 atom stereocenters. The first-order valence-electron chi connectivity index (χ1n) is 12.0. The summed E-state index contributed by atoms with van der Waals surface area (Å²) in [5, 5.41) is 6.90. The maximum atomic E-state index is 13.1. The lowest BCUT2D eigenvalue weighted by molar-refractivity contribution is -0.124. The average molecular weight is 436 g/mol. The van der Waals surface area contributed by atoms with Gasteiger partial charge in [-0.05, 0) is 55.1 Å². The largest absolute Gasteiger partial charge is 0.497 e. The quantitative estimate of drug-likeness (QED) is 0.630. The number of nitrogens with one attached hydrogen (secondary N) is 2. The minimum atomic E-state index is -0.00564. The van der Waals surface area contributed by atoms with Gasteiger partial charge in [-0.25, -0.2) is 0 Å². The average Bonchev–Trinajstić information content (AvgIpc) is 3.48. The van der Waals surface area contributed by atoms with Crippen LogP contribution in [-0.4, -0.2) is 50.6 Å². The summed E-state index contributed by atoms with van der Waals surface area (Å²) in [6.45, 7) is 3.31. The molecule has 0 spiro atoms. The molecule has 0 unspecified atom stereocenters. The van der Waals surface area contributed by atoms with Crippen LogP contribution in [0.15, 0.2) is 48.5 Å². The molecule has 1 aliphatic carbocycles. The number of amides is 1. The van der Waals surface area contributed by atoms with Crippen LogP contribution < -0.4 is 15.4 Å². The van der Waals surface area contributed by atoms with Crippen molar-refractivity contribution < 1.29 is 9.53 Å². The SMILES string of the molecule is COc1ccc(CCNC(=O)[C@H]2CN(C)C[C@@H]2c2cccc(CNC3CCCC3)c2)cc1. The molecule has 0 radical (unpaired) electrons. The summed E-state index contributed by atoms with van der Waals surface area (Å²) in [7, 11) is 3.79. The van der Waals surface area contributed by atoms with E-state index < -0.39 is 0 Å². The molecule has 5 nitrogen and oxygen atoms in total. The second-order valence-corrected chi connectivity index (χ2v) is 9.43. The fourth-order valence-electron chi connectivity index (χ4n) is 5.18. The third kappa shape index (κ3) is 5.90. The molecule has 4 rings (SSSR count). The molecule has 2 aromatic carbocycles. The van der Waals surface area contributed by atoms with Crippen LogP contribution in [0, 0.1) is 5.92 Å². The Morgan fingerprint density at radius 1 is 1.06 bits per heavy atom. The number of carbonyl (C=O) groups is 1. The van der Waals surface area contributed by atoms with E-state index in [-0.39, 0.29) is 17.7 Å². The van der Waals surface area contributed by atoms with E-state index in [1.54, 1.807) is 7.11 Å². The van der Waals surface area contributed by atoms with Gasteiger partial charge in [0, 0.05) is 38.1 Å². The molecule has 1 amide bonds. The number of nitrogens with zero attached hydrogens (tertiary/aromatic N) is 1. The number of hydrogen-bond acceptors (Lipinski definition) is 4. The van der Waals surface area contributed by atoms with Crippen molar-refractivity contribution in [3.05, 3.63) is 65.2 Å². The summed E-state index contributed by atoms with van der Waals surface area (Å²) in [5.41, 5.74) is 3.81. The van der Waals surface area contributed by atoms with Crippen molar-refractivity contribution in [2.24, 2.45) is 5.92 Å². The number of likely N-dealkylation sites (tertiary alicyclic amines) is 1. The molecule has 1 saturated carbocycles.